The number of benzene rings is 3. The van der Waals surface area contributed by atoms with Crippen molar-refractivity contribution in [2.24, 2.45) is 18.9 Å². The summed E-state index contributed by atoms with van der Waals surface area (Å²) in [5.41, 5.74) is 0.954. The van der Waals surface area contributed by atoms with Crippen LogP contribution in [-0.2, 0) is 50.5 Å². The number of imidazole rings is 1. The number of methoxy groups -OCH3 is 1. The molecule has 0 radical (unpaired) electrons. The molecule has 362 valence electrons. The Bertz CT molecular complexity index is 2430. The second-order valence-electron chi connectivity index (χ2n) is 18.8. The number of fused-ring (bicyclic) bond motifs is 2. The van der Waals surface area contributed by atoms with E-state index in [1.165, 1.54) is 25.0 Å². The van der Waals surface area contributed by atoms with Crippen molar-refractivity contribution >= 4 is 46.7 Å². The van der Waals surface area contributed by atoms with Crippen molar-refractivity contribution in [3.8, 4) is 22.8 Å². The third-order valence-corrected chi connectivity index (χ3v) is 13.3. The largest absolute Gasteiger partial charge is 0.457 e. The number of halogens is 6. The van der Waals surface area contributed by atoms with E-state index in [9.17, 15) is 32.3 Å². The number of ketones is 1. The SMILES string of the molecule is COC[C@@H]1CC(=O)[C@H](C)N(Cc2c(F)cc(Cl)cc2Oc2ccc(-c3cnc(CN(C)C(C)(C)C)n3C)cc2)C(=O)C[C@@H](CC(F)(F)F)C(=O)N2CCC[C@@](Cc3ccc(Cl)cc3)(C2)NC1=O. The van der Waals surface area contributed by atoms with E-state index < -0.39 is 84.7 Å². The van der Waals surface area contributed by atoms with Gasteiger partial charge in [-0.05, 0) is 108 Å². The fraction of sp³-hybridized carbons (Fsp3) is 0.490. The molecule has 3 amide bonds. The minimum atomic E-state index is -4.86. The maximum Gasteiger partial charge on any atom is 0.389 e. The first-order chi connectivity index (χ1) is 31.5. The first-order valence-corrected chi connectivity index (χ1v) is 22.9. The molecule has 0 spiro atoms. The topological polar surface area (TPSA) is 126 Å². The van der Waals surface area contributed by atoms with Gasteiger partial charge in [-0.1, -0.05) is 35.3 Å². The zero-order chi connectivity index (χ0) is 49.0. The maximum atomic E-state index is 16.2. The Morgan fingerprint density at radius 1 is 0.955 bits per heavy atom. The number of ether oxygens (including phenoxy) is 2. The van der Waals surface area contributed by atoms with Crippen LogP contribution in [0.5, 0.6) is 11.5 Å². The maximum absolute atomic E-state index is 16.2. The summed E-state index contributed by atoms with van der Waals surface area (Å²) >= 11 is 12.5. The molecule has 0 saturated carbocycles. The van der Waals surface area contributed by atoms with E-state index in [0.717, 1.165) is 33.6 Å². The predicted octanol–water partition coefficient (Wildman–Crippen LogP) is 9.19. The number of amides is 3. The van der Waals surface area contributed by atoms with Gasteiger partial charge in [0.05, 0.1) is 61.4 Å². The number of carbonyl (C=O) groups excluding carboxylic acids is 4. The van der Waals surface area contributed by atoms with Gasteiger partial charge >= 0.3 is 6.18 Å². The summed E-state index contributed by atoms with van der Waals surface area (Å²) in [6, 6.07) is 14.7. The van der Waals surface area contributed by atoms with E-state index in [1.807, 2.05) is 18.7 Å². The van der Waals surface area contributed by atoms with Crippen LogP contribution in [0.1, 0.15) is 76.8 Å². The van der Waals surface area contributed by atoms with Gasteiger partial charge in [-0.25, -0.2) is 9.37 Å². The summed E-state index contributed by atoms with van der Waals surface area (Å²) in [5, 5.41) is 3.50. The van der Waals surface area contributed by atoms with Crippen molar-refractivity contribution in [3.63, 3.8) is 0 Å². The van der Waals surface area contributed by atoms with Gasteiger partial charge in [0.15, 0.2) is 5.78 Å². The Morgan fingerprint density at radius 3 is 2.28 bits per heavy atom. The lowest BCUT2D eigenvalue weighted by Crippen LogP contribution is -2.63. The van der Waals surface area contributed by atoms with Crippen LogP contribution in [0.2, 0.25) is 10.0 Å². The summed E-state index contributed by atoms with van der Waals surface area (Å²) in [5.74, 6) is -6.06. The highest BCUT2D eigenvalue weighted by Gasteiger charge is 2.45. The van der Waals surface area contributed by atoms with E-state index in [2.05, 4.69) is 36.0 Å². The van der Waals surface area contributed by atoms with Crippen LogP contribution in [0, 0.1) is 17.7 Å². The second kappa shape index (κ2) is 21.1. The van der Waals surface area contributed by atoms with Crippen molar-refractivity contribution < 1.29 is 46.2 Å². The van der Waals surface area contributed by atoms with E-state index >= 15 is 4.39 Å². The summed E-state index contributed by atoms with van der Waals surface area (Å²) in [4.78, 5) is 66.4. The van der Waals surface area contributed by atoms with Crippen LogP contribution in [0.15, 0.2) is 66.9 Å². The fourth-order valence-corrected chi connectivity index (χ4v) is 8.98. The molecule has 1 N–H and O–H groups in total. The summed E-state index contributed by atoms with van der Waals surface area (Å²) in [6.07, 6.45) is -5.21. The molecule has 2 saturated heterocycles. The molecule has 18 heteroatoms. The molecule has 0 aliphatic carbocycles. The molecule has 6 rings (SSSR count). The van der Waals surface area contributed by atoms with Gasteiger partial charge in [0, 0.05) is 66.8 Å². The molecule has 67 heavy (non-hydrogen) atoms. The molecule has 4 atom stereocenters. The molecule has 2 fully saturated rings. The van der Waals surface area contributed by atoms with Gasteiger partial charge in [-0.3, -0.25) is 24.1 Å². The van der Waals surface area contributed by atoms with Crippen molar-refractivity contribution in [2.75, 3.05) is 33.9 Å². The molecule has 4 aromatic rings. The number of nitrogens with zero attached hydrogens (tertiary/aromatic N) is 5. The highest BCUT2D eigenvalue weighted by atomic mass is 35.5. The van der Waals surface area contributed by atoms with Gasteiger partial charge in [0.2, 0.25) is 17.7 Å². The first-order valence-electron chi connectivity index (χ1n) is 22.2. The van der Waals surface area contributed by atoms with E-state index in [-0.39, 0.29) is 53.7 Å². The fourth-order valence-electron chi connectivity index (χ4n) is 8.66. The van der Waals surface area contributed by atoms with Crippen LogP contribution in [0.25, 0.3) is 11.3 Å². The number of alkyl halides is 3. The molecule has 2 aliphatic rings. The molecule has 3 aromatic carbocycles. The van der Waals surface area contributed by atoms with Crippen LogP contribution < -0.4 is 10.1 Å². The summed E-state index contributed by atoms with van der Waals surface area (Å²) < 4.78 is 72.8. The number of Topliss-reactive ketones (excluding diaryl/α,β-unsaturated/α-hetero) is 1. The van der Waals surface area contributed by atoms with Gasteiger partial charge in [0.25, 0.3) is 0 Å². The highest BCUT2D eigenvalue weighted by Crippen LogP contribution is 2.37. The van der Waals surface area contributed by atoms with Gasteiger partial charge in [-0.2, -0.15) is 13.2 Å². The number of carbonyl (C=O) groups is 4. The molecule has 0 unspecified atom stereocenters. The first kappa shape index (κ1) is 51.4. The third kappa shape index (κ3) is 12.9. The Hall–Kier alpha value is -5.03. The molecular weight excluding hydrogens is 915 g/mol. The van der Waals surface area contributed by atoms with Crippen molar-refractivity contribution in [1.29, 1.82) is 0 Å². The summed E-state index contributed by atoms with van der Waals surface area (Å²) in [7, 11) is 5.31. The van der Waals surface area contributed by atoms with Crippen LogP contribution in [0.4, 0.5) is 17.6 Å². The zero-order valence-corrected chi connectivity index (χ0v) is 40.3. The molecule has 12 nitrogen and oxygen atoms in total. The minimum Gasteiger partial charge on any atom is -0.457 e. The lowest BCUT2D eigenvalue weighted by Gasteiger charge is -2.45. The Labute approximate surface area is 398 Å². The molecular formula is C49H58Cl2F4N6O6. The van der Waals surface area contributed by atoms with Crippen LogP contribution in [0.3, 0.4) is 0 Å². The number of aromatic nitrogens is 2. The number of nitrogens with one attached hydrogen (secondary N) is 1. The highest BCUT2D eigenvalue weighted by molar-refractivity contribution is 6.31. The lowest BCUT2D eigenvalue weighted by atomic mass is 9.81. The van der Waals surface area contributed by atoms with Crippen molar-refractivity contribution in [3.05, 3.63) is 99.7 Å². The van der Waals surface area contributed by atoms with Crippen molar-refractivity contribution in [1.82, 2.24) is 29.6 Å². The lowest BCUT2D eigenvalue weighted by molar-refractivity contribution is -0.164. The molecule has 2 bridgehead atoms. The third-order valence-electron chi connectivity index (χ3n) is 12.9. The average molecular weight is 974 g/mol. The number of rotatable bonds is 12. The summed E-state index contributed by atoms with van der Waals surface area (Å²) in [6.45, 7) is 7.38. The quantitative estimate of drug-likeness (QED) is 0.139. The van der Waals surface area contributed by atoms with Crippen molar-refractivity contribution in [2.45, 2.75) is 103 Å². The van der Waals surface area contributed by atoms with Gasteiger partial charge < -0.3 is 29.2 Å². The monoisotopic (exact) mass is 972 g/mol. The van der Waals surface area contributed by atoms with Gasteiger partial charge in [0.1, 0.15) is 23.1 Å². The van der Waals surface area contributed by atoms with E-state index in [0.29, 0.717) is 24.4 Å². The van der Waals surface area contributed by atoms with E-state index in [4.69, 9.17) is 32.7 Å². The standard InChI is InChI=1S/C49H58Cl2F4N6O6/c1-30-41(62)19-34(28-66-7)45(64)57-48(23-31-9-13-35(50)14-10-31)17-8-18-60(29-48)46(65)33(24-49(53,54)55)20-44(63)61(30)26-38-39(52)21-36(51)22-42(38)67-37-15-11-32(12-16-37)40-25-56-43(59(40)6)27-58(5)47(2,3)4/h9-16,21-22,25,30,33-34H,8,17-20,23-24,26-29H2,1-7H3,(H,57,64)/t30-,33-,34-,48+/m0/s1. The zero-order valence-electron chi connectivity index (χ0n) is 38.8. The number of hydrogen-bond acceptors (Lipinski definition) is 8. The number of hydrogen-bond donors (Lipinski definition) is 1. The normalized spacial score (nSPS) is 21.4. The Balaban J connectivity index is 1.33. The second-order valence-corrected chi connectivity index (χ2v) is 19.7. The molecule has 3 heterocycles. The van der Waals surface area contributed by atoms with Crippen LogP contribution >= 0.6 is 23.2 Å². The molecule has 1 aromatic heterocycles. The Kier molecular flexibility index (Phi) is 16.2. The minimum absolute atomic E-state index is 0.0510. The number of piperidine rings is 1. The van der Waals surface area contributed by atoms with Gasteiger partial charge in [-0.15, -0.1) is 0 Å². The molecule has 2 aliphatic heterocycles. The van der Waals surface area contributed by atoms with E-state index in [1.54, 1.807) is 54.7 Å². The van der Waals surface area contributed by atoms with Crippen LogP contribution in [-0.4, -0.2) is 105 Å². The average Bonchev–Trinajstić information content (AvgIpc) is 3.61. The predicted molar refractivity (Wildman–Crippen MR) is 247 cm³/mol. The Morgan fingerprint density at radius 2 is 1.64 bits per heavy atom. The smallest absolute Gasteiger partial charge is 0.389 e.